The number of alkyl halides is 3. The fourth-order valence-electron chi connectivity index (χ4n) is 11.6. The molecule has 0 saturated carbocycles. The third-order valence-electron chi connectivity index (χ3n) is 16.2. The molecule has 0 radical (unpaired) electrons. The van der Waals surface area contributed by atoms with E-state index in [9.17, 15) is 44.4 Å². The standard InChI is InChI=1S/C59H73ClF3N9O10S2/c1-58(41-70-25-29-72(30-26-70)54(73)7-4-2-3-5-8-55(74)75)19-17-49(42-9-11-45(60)12-10-42)44(38-58)40-69-23-27-71(28-24-69)46-13-15-50(52(36-46)82-47-35-43-18-21-65-56(43)66-39-47)57(76)67-84(79,80)48-14-16-51(53(37-48)83(77,78)59(61,62)63)64-20-6-22-68-31-33-81-34-32-68/h9-16,18,21,35-37,39,64H,2-8,17,19-20,22-34,38,40-41H2,1H3,(H,65,66)(H,67,76)(H,74,75). The number of piperazine rings is 2. The topological polar surface area (TPSA) is 227 Å². The van der Waals surface area contributed by atoms with Crippen LogP contribution in [-0.4, -0.2) is 180 Å². The van der Waals surface area contributed by atoms with Crippen LogP contribution in [0.25, 0.3) is 16.6 Å². The van der Waals surface area contributed by atoms with E-state index in [0.717, 1.165) is 82.4 Å². The summed E-state index contributed by atoms with van der Waals surface area (Å²) in [6.45, 7) is 12.6. The minimum Gasteiger partial charge on any atom is -0.481 e. The van der Waals surface area contributed by atoms with Crippen LogP contribution in [0.5, 0.6) is 11.5 Å². The molecule has 5 aromatic rings. The number of hydrogen-bond acceptors (Lipinski definition) is 15. The predicted molar refractivity (Wildman–Crippen MR) is 315 cm³/mol. The molecule has 1 atom stereocenters. The molecule has 9 rings (SSSR count). The first kappa shape index (κ1) is 62.3. The lowest BCUT2D eigenvalue weighted by Crippen LogP contribution is -2.51. The number of aliphatic carboxylic acids is 1. The molecule has 0 spiro atoms. The number of pyridine rings is 1. The van der Waals surface area contributed by atoms with E-state index in [4.69, 9.17) is 26.2 Å². The zero-order valence-corrected chi connectivity index (χ0v) is 49.5. The van der Waals surface area contributed by atoms with Gasteiger partial charge in [-0.1, -0.05) is 49.1 Å². The van der Waals surface area contributed by atoms with E-state index in [0.29, 0.717) is 119 Å². The Morgan fingerprint density at radius 2 is 1.54 bits per heavy atom. The fraction of sp³-hybridized carbons (Fsp3) is 0.492. The van der Waals surface area contributed by atoms with Crippen LogP contribution in [0, 0.1) is 5.41 Å². The molecule has 1 unspecified atom stereocenters. The number of carbonyl (C=O) groups excluding carboxylic acids is 2. The number of sulfonamides is 1. The van der Waals surface area contributed by atoms with Gasteiger partial charge in [0.1, 0.15) is 22.0 Å². The summed E-state index contributed by atoms with van der Waals surface area (Å²) in [5.41, 5.74) is -1.36. The Morgan fingerprint density at radius 1 is 0.821 bits per heavy atom. The number of ether oxygens (including phenoxy) is 2. The van der Waals surface area contributed by atoms with Gasteiger partial charge in [-0.25, -0.2) is 26.5 Å². The Balaban J connectivity index is 0.877. The number of aromatic amines is 1. The van der Waals surface area contributed by atoms with Crippen LogP contribution in [-0.2, 0) is 34.2 Å². The van der Waals surface area contributed by atoms with Crippen LogP contribution in [0.4, 0.5) is 24.5 Å². The number of fused-ring (bicyclic) bond motifs is 1. The Hall–Kier alpha value is -6.28. The van der Waals surface area contributed by atoms with Crippen molar-refractivity contribution in [3.05, 3.63) is 107 Å². The van der Waals surface area contributed by atoms with Gasteiger partial charge >= 0.3 is 11.5 Å². The number of hydrogen-bond donors (Lipinski definition) is 4. The van der Waals surface area contributed by atoms with Gasteiger partial charge < -0.3 is 34.7 Å². The molecule has 25 heteroatoms. The van der Waals surface area contributed by atoms with Gasteiger partial charge in [0, 0.05) is 126 Å². The van der Waals surface area contributed by atoms with Gasteiger partial charge in [-0.05, 0) is 116 Å². The number of carbonyl (C=O) groups is 3. The molecule has 5 heterocycles. The molecular weight excluding hydrogens is 1150 g/mol. The van der Waals surface area contributed by atoms with Crippen molar-refractivity contribution in [1.82, 2.24) is 34.3 Å². The van der Waals surface area contributed by atoms with Gasteiger partial charge in [-0.15, -0.1) is 0 Å². The summed E-state index contributed by atoms with van der Waals surface area (Å²) in [6, 6.07) is 18.5. The average Bonchev–Trinajstić information content (AvgIpc) is 1.47. The van der Waals surface area contributed by atoms with Crippen LogP contribution >= 0.6 is 11.6 Å². The number of amides is 2. The summed E-state index contributed by atoms with van der Waals surface area (Å²) >= 11 is 6.36. The van der Waals surface area contributed by atoms with Gasteiger partial charge in [-0.3, -0.25) is 29.1 Å². The van der Waals surface area contributed by atoms with Gasteiger partial charge in [0.2, 0.25) is 5.91 Å². The number of carboxylic acid groups (broad SMARTS) is 1. The van der Waals surface area contributed by atoms with Crippen LogP contribution in [0.1, 0.15) is 87.1 Å². The molecule has 4 aliphatic rings. The smallest absolute Gasteiger partial charge is 0.481 e. The van der Waals surface area contributed by atoms with Gasteiger partial charge in [0.25, 0.3) is 25.8 Å². The van der Waals surface area contributed by atoms with Crippen molar-refractivity contribution < 1.29 is 59.0 Å². The molecule has 4 N–H and O–H groups in total. The molecule has 19 nitrogen and oxygen atoms in total. The molecule has 3 fully saturated rings. The first-order valence-corrected chi connectivity index (χ1v) is 32.0. The first-order valence-electron chi connectivity index (χ1n) is 28.6. The van der Waals surface area contributed by atoms with Crippen LogP contribution in [0.3, 0.4) is 0 Å². The van der Waals surface area contributed by atoms with Gasteiger partial charge in [0.15, 0.2) is 0 Å². The number of rotatable bonds is 24. The maximum absolute atomic E-state index is 14.2. The number of nitrogens with one attached hydrogen (secondary N) is 3. The second kappa shape index (κ2) is 27.4. The highest BCUT2D eigenvalue weighted by Gasteiger charge is 2.48. The SMILES string of the molecule is CC1(CN2CCN(C(=O)CCCCCCC(=O)O)CC2)CCC(c2ccc(Cl)cc2)=C(CN2CCN(c3ccc(C(=O)NS(=O)(=O)c4ccc(NCCCN5CCOCC5)c(S(=O)(=O)C(F)(F)F)c4)c(Oc4cnc5[nH]ccc5c4)c3)CC2)C1. The minimum absolute atomic E-state index is 0.0117. The Morgan fingerprint density at radius 3 is 2.25 bits per heavy atom. The third-order valence-corrected chi connectivity index (χ3v) is 19.3. The predicted octanol–water partition coefficient (Wildman–Crippen LogP) is 8.89. The lowest BCUT2D eigenvalue weighted by molar-refractivity contribution is -0.137. The summed E-state index contributed by atoms with van der Waals surface area (Å²) in [4.78, 5) is 54.4. The number of aromatic nitrogens is 2. The number of unbranched alkanes of at least 4 members (excludes halogenated alkanes) is 3. The van der Waals surface area contributed by atoms with Crippen molar-refractivity contribution in [3.63, 3.8) is 0 Å². The Labute approximate surface area is 493 Å². The molecule has 454 valence electrons. The lowest BCUT2D eigenvalue weighted by Gasteiger charge is -2.44. The van der Waals surface area contributed by atoms with Crippen molar-refractivity contribution in [3.8, 4) is 11.5 Å². The van der Waals surface area contributed by atoms with Crippen molar-refractivity contribution >= 4 is 77.2 Å². The van der Waals surface area contributed by atoms with Crippen molar-refractivity contribution in [2.24, 2.45) is 5.41 Å². The molecular formula is C59H73ClF3N9O10S2. The minimum atomic E-state index is -6.07. The molecule has 3 saturated heterocycles. The van der Waals surface area contributed by atoms with Gasteiger partial charge in [0.05, 0.1) is 35.6 Å². The summed E-state index contributed by atoms with van der Waals surface area (Å²) in [7, 11) is -11.1. The van der Waals surface area contributed by atoms with E-state index in [-0.39, 0.29) is 41.4 Å². The normalized spacial score (nSPS) is 19.0. The number of allylic oxidation sites excluding steroid dienone is 1. The zero-order valence-electron chi connectivity index (χ0n) is 47.1. The highest BCUT2D eigenvalue weighted by atomic mass is 35.5. The molecule has 3 aliphatic heterocycles. The number of carboxylic acids is 1. The Bertz CT molecular complexity index is 3400. The summed E-state index contributed by atoms with van der Waals surface area (Å²) in [5, 5.41) is 13.0. The van der Waals surface area contributed by atoms with Crippen LogP contribution in [0.15, 0.2) is 101 Å². The van der Waals surface area contributed by atoms with Crippen molar-refractivity contribution in [2.75, 3.05) is 115 Å². The van der Waals surface area contributed by atoms with E-state index in [1.807, 2.05) is 21.8 Å². The molecule has 2 aromatic heterocycles. The molecule has 3 aromatic carbocycles. The van der Waals surface area contributed by atoms with E-state index >= 15 is 0 Å². The number of sulfone groups is 1. The van der Waals surface area contributed by atoms with Crippen LogP contribution < -0.4 is 19.7 Å². The van der Waals surface area contributed by atoms with Gasteiger partial charge in [-0.2, -0.15) is 13.2 Å². The number of H-pyrrole nitrogens is 1. The molecule has 2 amide bonds. The number of nitrogens with zero attached hydrogens (tertiary/aromatic N) is 6. The monoisotopic (exact) mass is 1220 g/mol. The second-order valence-electron chi connectivity index (χ2n) is 22.4. The second-order valence-corrected chi connectivity index (χ2v) is 26.5. The first-order chi connectivity index (χ1) is 40.1. The molecule has 1 aliphatic carbocycles. The van der Waals surface area contributed by atoms with E-state index in [2.05, 4.69) is 53.9 Å². The number of anilines is 2. The largest absolute Gasteiger partial charge is 0.501 e. The van der Waals surface area contributed by atoms with E-state index < -0.39 is 52.7 Å². The molecule has 84 heavy (non-hydrogen) atoms. The highest BCUT2D eigenvalue weighted by Crippen LogP contribution is 2.44. The lowest BCUT2D eigenvalue weighted by atomic mass is 9.71. The van der Waals surface area contributed by atoms with E-state index in [1.165, 1.54) is 23.4 Å². The number of halogens is 4. The summed E-state index contributed by atoms with van der Waals surface area (Å²) in [5.74, 6) is -1.62. The van der Waals surface area contributed by atoms with Crippen molar-refractivity contribution in [1.29, 1.82) is 0 Å². The maximum Gasteiger partial charge on any atom is 0.501 e. The highest BCUT2D eigenvalue weighted by molar-refractivity contribution is 7.92. The summed E-state index contributed by atoms with van der Waals surface area (Å²) in [6.07, 6.45) is 10.1. The zero-order chi connectivity index (χ0) is 59.7. The third kappa shape index (κ3) is 16.0. The van der Waals surface area contributed by atoms with Crippen molar-refractivity contribution in [2.45, 2.75) is 86.4 Å². The quantitative estimate of drug-likeness (QED) is 0.0423. The molecule has 0 bridgehead atoms. The maximum atomic E-state index is 14.2. The van der Waals surface area contributed by atoms with E-state index in [1.54, 1.807) is 30.5 Å². The number of benzene rings is 3. The fourth-order valence-corrected chi connectivity index (χ4v) is 13.8. The average molecular weight is 1220 g/mol. The van der Waals surface area contributed by atoms with Crippen LogP contribution in [0.2, 0.25) is 5.02 Å². The summed E-state index contributed by atoms with van der Waals surface area (Å²) < 4.78 is 110. The number of morpholine rings is 1. The Kier molecular flexibility index (Phi) is 20.3.